The summed E-state index contributed by atoms with van der Waals surface area (Å²) in [6, 6.07) is 8.15. The van der Waals surface area contributed by atoms with Crippen LogP contribution < -0.4 is 0 Å². The Morgan fingerprint density at radius 1 is 0.913 bits per heavy atom. The molecule has 0 aliphatic rings. The van der Waals surface area contributed by atoms with Crippen LogP contribution in [0.5, 0.6) is 0 Å². The molecule has 0 saturated heterocycles. The van der Waals surface area contributed by atoms with E-state index in [1.165, 1.54) is 36.4 Å². The molecule has 2 aromatic carbocycles. The second-order valence-electron chi connectivity index (χ2n) is 4.51. The van der Waals surface area contributed by atoms with Crippen molar-refractivity contribution in [2.45, 2.75) is 13.2 Å². The summed E-state index contributed by atoms with van der Waals surface area (Å²) in [6.07, 6.45) is 0. The van der Waals surface area contributed by atoms with Crippen LogP contribution in [0, 0.1) is 11.6 Å². The Kier molecular flexibility index (Phi) is 6.48. The lowest BCUT2D eigenvalue weighted by Crippen LogP contribution is -1.97. The number of hydrogen-bond acceptors (Lipinski definition) is 3. The minimum absolute atomic E-state index is 0.222. The van der Waals surface area contributed by atoms with Crippen molar-refractivity contribution in [1.82, 2.24) is 0 Å². The average molecular weight is 472 g/mol. The van der Waals surface area contributed by atoms with Crippen LogP contribution in [-0.4, -0.2) is 4.89 Å². The summed E-state index contributed by atoms with van der Waals surface area (Å²) in [5, 5.41) is 0. The molecule has 0 saturated carbocycles. The van der Waals surface area contributed by atoms with E-state index < -0.39 is 19.5 Å². The molecular weight excluding hydrogens is 461 g/mol. The largest absolute Gasteiger partial charge is 0.472 e. The van der Waals surface area contributed by atoms with Gasteiger partial charge in [0.15, 0.2) is 0 Å². The highest BCUT2D eigenvalue weighted by atomic mass is 79.9. The lowest BCUT2D eigenvalue weighted by Gasteiger charge is -2.12. The predicted molar refractivity (Wildman–Crippen MR) is 87.6 cm³/mol. The van der Waals surface area contributed by atoms with Crippen LogP contribution in [0.25, 0.3) is 0 Å². The molecule has 0 amide bonds. The van der Waals surface area contributed by atoms with E-state index in [2.05, 4.69) is 31.9 Å². The van der Waals surface area contributed by atoms with Gasteiger partial charge in [0, 0.05) is 0 Å². The maximum absolute atomic E-state index is 13.1. The van der Waals surface area contributed by atoms with Gasteiger partial charge in [0.25, 0.3) is 0 Å². The second kappa shape index (κ2) is 7.96. The lowest BCUT2D eigenvalue weighted by atomic mass is 10.2. The molecule has 0 aliphatic heterocycles. The first-order chi connectivity index (χ1) is 10.8. The number of halogens is 4. The summed E-state index contributed by atoms with van der Waals surface area (Å²) in [5.41, 5.74) is 1.00. The van der Waals surface area contributed by atoms with Crippen LogP contribution in [-0.2, 0) is 26.8 Å². The standard InChI is InChI=1S/C14H11Br2F2O4P/c15-11-5-9(1-3-13(11)17)7-21-23(19,20)22-8-10-2-4-14(18)12(16)6-10/h1-6H,7-8H2,(H,19,20). The van der Waals surface area contributed by atoms with Gasteiger partial charge in [-0.2, -0.15) is 0 Å². The van der Waals surface area contributed by atoms with E-state index in [0.29, 0.717) is 11.1 Å². The van der Waals surface area contributed by atoms with E-state index in [1.54, 1.807) is 0 Å². The molecule has 0 spiro atoms. The minimum Gasteiger partial charge on any atom is -0.302 e. The molecule has 4 nitrogen and oxygen atoms in total. The van der Waals surface area contributed by atoms with E-state index in [4.69, 9.17) is 9.05 Å². The molecule has 0 fully saturated rings. The SMILES string of the molecule is O=P(O)(OCc1ccc(F)c(Br)c1)OCc1ccc(F)c(Br)c1. The molecule has 23 heavy (non-hydrogen) atoms. The van der Waals surface area contributed by atoms with Gasteiger partial charge in [-0.3, -0.25) is 9.05 Å². The van der Waals surface area contributed by atoms with Gasteiger partial charge < -0.3 is 4.89 Å². The summed E-state index contributed by atoms with van der Waals surface area (Å²) in [5.74, 6) is -0.891. The Bertz CT molecular complexity index is 698. The average Bonchev–Trinajstić information content (AvgIpc) is 2.50. The van der Waals surface area contributed by atoms with Crippen LogP contribution in [0.1, 0.15) is 11.1 Å². The molecule has 2 rings (SSSR count). The summed E-state index contributed by atoms with van der Waals surface area (Å²) < 4.78 is 48.1. The van der Waals surface area contributed by atoms with Gasteiger partial charge >= 0.3 is 7.82 Å². The van der Waals surface area contributed by atoms with Crippen molar-refractivity contribution in [3.05, 3.63) is 68.1 Å². The third-order valence-corrected chi connectivity index (χ3v) is 4.88. The Balaban J connectivity index is 1.92. The summed E-state index contributed by atoms with van der Waals surface area (Å²) >= 11 is 6.02. The minimum atomic E-state index is -4.30. The summed E-state index contributed by atoms with van der Waals surface area (Å²) in [4.78, 5) is 9.62. The molecule has 0 radical (unpaired) electrons. The van der Waals surface area contributed by atoms with Crippen molar-refractivity contribution in [2.75, 3.05) is 0 Å². The molecule has 1 N–H and O–H groups in total. The number of phosphoric acid groups is 1. The topological polar surface area (TPSA) is 55.8 Å². The van der Waals surface area contributed by atoms with E-state index in [0.717, 1.165) is 0 Å². The monoisotopic (exact) mass is 470 g/mol. The highest BCUT2D eigenvalue weighted by Crippen LogP contribution is 2.45. The zero-order valence-electron chi connectivity index (χ0n) is 11.5. The second-order valence-corrected chi connectivity index (χ2v) is 7.67. The summed E-state index contributed by atoms with van der Waals surface area (Å²) in [6.45, 7) is -0.445. The van der Waals surface area contributed by atoms with Gasteiger partial charge in [-0.25, -0.2) is 13.3 Å². The van der Waals surface area contributed by atoms with Crippen molar-refractivity contribution in [3.8, 4) is 0 Å². The molecule has 2 aromatic rings. The third-order valence-electron chi connectivity index (χ3n) is 2.76. The molecule has 0 aromatic heterocycles. The lowest BCUT2D eigenvalue weighted by molar-refractivity contribution is 0.137. The number of hydrogen-bond donors (Lipinski definition) is 1. The van der Waals surface area contributed by atoms with Crippen LogP contribution in [0.3, 0.4) is 0 Å². The molecule has 0 bridgehead atoms. The van der Waals surface area contributed by atoms with E-state index in [-0.39, 0.29) is 22.2 Å². The predicted octanol–water partition coefficient (Wildman–Crippen LogP) is 5.32. The van der Waals surface area contributed by atoms with Crippen molar-refractivity contribution in [2.24, 2.45) is 0 Å². The first-order valence-corrected chi connectivity index (χ1v) is 9.35. The Hall–Kier alpha value is -0.630. The fourth-order valence-corrected chi connectivity index (χ4v) is 3.16. The van der Waals surface area contributed by atoms with E-state index in [9.17, 15) is 18.2 Å². The summed E-state index contributed by atoms with van der Waals surface area (Å²) in [7, 11) is -4.30. The van der Waals surface area contributed by atoms with Crippen molar-refractivity contribution >= 4 is 39.7 Å². The van der Waals surface area contributed by atoms with Gasteiger partial charge in [0.05, 0.1) is 22.2 Å². The van der Waals surface area contributed by atoms with Crippen LogP contribution >= 0.6 is 39.7 Å². The van der Waals surface area contributed by atoms with E-state index >= 15 is 0 Å². The number of phosphoric ester groups is 1. The quantitative estimate of drug-likeness (QED) is 0.579. The van der Waals surface area contributed by atoms with Crippen molar-refractivity contribution < 1.29 is 27.3 Å². The zero-order valence-corrected chi connectivity index (χ0v) is 15.6. The normalized spacial score (nSPS) is 11.7. The number of rotatable bonds is 6. The fourth-order valence-electron chi connectivity index (χ4n) is 1.61. The molecular formula is C14H11Br2F2O4P. The molecule has 124 valence electrons. The number of benzene rings is 2. The molecule has 9 heteroatoms. The van der Waals surface area contributed by atoms with Crippen LogP contribution in [0.2, 0.25) is 0 Å². The molecule has 0 heterocycles. The van der Waals surface area contributed by atoms with Crippen LogP contribution in [0.15, 0.2) is 45.3 Å². The first kappa shape index (κ1) is 18.7. The maximum Gasteiger partial charge on any atom is 0.472 e. The fraction of sp³-hybridized carbons (Fsp3) is 0.143. The Labute approximate surface area is 148 Å². The van der Waals surface area contributed by atoms with Crippen molar-refractivity contribution in [1.29, 1.82) is 0 Å². The smallest absolute Gasteiger partial charge is 0.302 e. The van der Waals surface area contributed by atoms with Gasteiger partial charge in [0.2, 0.25) is 0 Å². The van der Waals surface area contributed by atoms with Gasteiger partial charge in [0.1, 0.15) is 11.6 Å². The van der Waals surface area contributed by atoms with Gasteiger partial charge in [-0.1, -0.05) is 12.1 Å². The first-order valence-electron chi connectivity index (χ1n) is 6.26. The Morgan fingerprint density at radius 3 is 1.65 bits per heavy atom. The molecule has 0 aliphatic carbocycles. The van der Waals surface area contributed by atoms with Crippen LogP contribution in [0.4, 0.5) is 8.78 Å². The molecule has 0 atom stereocenters. The van der Waals surface area contributed by atoms with Gasteiger partial charge in [-0.15, -0.1) is 0 Å². The third kappa shape index (κ3) is 5.74. The van der Waals surface area contributed by atoms with Crippen molar-refractivity contribution in [3.63, 3.8) is 0 Å². The maximum atomic E-state index is 13.1. The van der Waals surface area contributed by atoms with E-state index in [1.807, 2.05) is 0 Å². The highest BCUT2D eigenvalue weighted by Gasteiger charge is 2.21. The molecule has 0 unspecified atom stereocenters. The Morgan fingerprint density at radius 2 is 1.30 bits per heavy atom. The zero-order chi connectivity index (χ0) is 17.0. The highest BCUT2D eigenvalue weighted by molar-refractivity contribution is 9.10. The van der Waals surface area contributed by atoms with Gasteiger partial charge in [-0.05, 0) is 67.3 Å².